The molecule has 2 aliphatic rings. The molecule has 0 N–H and O–H groups in total. The lowest BCUT2D eigenvalue weighted by molar-refractivity contribution is -0.143. The quantitative estimate of drug-likeness (QED) is 0.546. The van der Waals surface area contributed by atoms with Crippen molar-refractivity contribution in [2.45, 2.75) is 47.0 Å². The fourth-order valence-corrected chi connectivity index (χ4v) is 5.48. The molecule has 0 unspecified atom stereocenters. The third-order valence-electron chi connectivity index (χ3n) is 7.31. The highest BCUT2D eigenvalue weighted by Crippen LogP contribution is 2.58. The van der Waals surface area contributed by atoms with E-state index in [-0.39, 0.29) is 22.4 Å². The van der Waals surface area contributed by atoms with Gasteiger partial charge in [0, 0.05) is 35.3 Å². The van der Waals surface area contributed by atoms with E-state index in [1.54, 1.807) is 12.1 Å². The average molecular weight is 380 g/mol. The van der Waals surface area contributed by atoms with E-state index in [1.807, 2.05) is 12.1 Å². The predicted molar refractivity (Wildman–Crippen MR) is 109 cm³/mol. The van der Waals surface area contributed by atoms with Crippen LogP contribution < -0.4 is 10.4 Å². The van der Waals surface area contributed by atoms with Crippen molar-refractivity contribution in [3.05, 3.63) is 52.4 Å². The molecule has 1 heterocycles. The fraction of sp³-hybridized carbons (Fsp3) is 0.500. The average Bonchev–Trinajstić information content (AvgIpc) is 2.64. The van der Waals surface area contributed by atoms with Crippen LogP contribution in [0.1, 0.15) is 47.0 Å². The van der Waals surface area contributed by atoms with Crippen LogP contribution in [-0.2, 0) is 4.79 Å². The lowest BCUT2D eigenvalue weighted by Gasteiger charge is -2.55. The first-order valence-corrected chi connectivity index (χ1v) is 10.1. The molecule has 28 heavy (non-hydrogen) atoms. The van der Waals surface area contributed by atoms with Gasteiger partial charge in [-0.1, -0.05) is 32.4 Å². The second-order valence-electron chi connectivity index (χ2n) is 9.20. The van der Waals surface area contributed by atoms with Gasteiger partial charge < -0.3 is 9.15 Å². The Morgan fingerprint density at radius 3 is 2.68 bits per heavy atom. The van der Waals surface area contributed by atoms with E-state index in [1.165, 1.54) is 11.6 Å². The summed E-state index contributed by atoms with van der Waals surface area (Å²) in [6.07, 6.45) is 4.80. The van der Waals surface area contributed by atoms with E-state index in [0.717, 1.165) is 18.2 Å². The van der Waals surface area contributed by atoms with Gasteiger partial charge in [-0.25, -0.2) is 4.79 Å². The molecule has 1 aromatic heterocycles. The molecule has 4 heteroatoms. The Kier molecular flexibility index (Phi) is 4.48. The van der Waals surface area contributed by atoms with Crippen LogP contribution in [0.2, 0.25) is 0 Å². The number of benzene rings is 1. The number of ether oxygens (including phenoxy) is 1. The van der Waals surface area contributed by atoms with Crippen LogP contribution in [0.4, 0.5) is 0 Å². The molecule has 0 bridgehead atoms. The van der Waals surface area contributed by atoms with E-state index in [9.17, 15) is 9.59 Å². The molecule has 2 aromatic rings. The number of hydrogen-bond acceptors (Lipinski definition) is 4. The number of hydrogen-bond donors (Lipinski definition) is 0. The van der Waals surface area contributed by atoms with Gasteiger partial charge in [0.25, 0.3) is 0 Å². The molecular weight excluding hydrogens is 352 g/mol. The van der Waals surface area contributed by atoms with E-state index < -0.39 is 0 Å². The Hall–Kier alpha value is -2.36. The number of allylic oxidation sites excluding steroid dienone is 1. The third-order valence-corrected chi connectivity index (χ3v) is 7.31. The van der Waals surface area contributed by atoms with Crippen molar-refractivity contribution in [1.29, 1.82) is 0 Å². The Bertz CT molecular complexity index is 1010. The molecule has 4 rings (SSSR count). The molecule has 0 saturated heterocycles. The zero-order chi connectivity index (χ0) is 20.1. The largest absolute Gasteiger partial charge is 0.493 e. The number of fused-ring (bicyclic) bond motifs is 2. The normalized spacial score (nSPS) is 29.3. The van der Waals surface area contributed by atoms with Crippen molar-refractivity contribution in [1.82, 2.24) is 0 Å². The van der Waals surface area contributed by atoms with Gasteiger partial charge in [0.15, 0.2) is 0 Å². The number of carbonyl (C=O) groups is 1. The lowest BCUT2D eigenvalue weighted by Crippen LogP contribution is -2.53. The first kappa shape index (κ1) is 19.0. The molecule has 1 fully saturated rings. The molecule has 1 saturated carbocycles. The summed E-state index contributed by atoms with van der Waals surface area (Å²) in [6.45, 7) is 9.28. The summed E-state index contributed by atoms with van der Waals surface area (Å²) in [5.41, 5.74) is 1.26. The summed E-state index contributed by atoms with van der Waals surface area (Å²) in [6, 6.07) is 8.78. The van der Waals surface area contributed by atoms with Gasteiger partial charge in [-0.3, -0.25) is 4.79 Å². The Morgan fingerprint density at radius 2 is 1.89 bits per heavy atom. The number of ketones is 1. The third kappa shape index (κ3) is 2.99. The maximum Gasteiger partial charge on any atom is 0.336 e. The van der Waals surface area contributed by atoms with Gasteiger partial charge in [-0.05, 0) is 49.3 Å². The first-order chi connectivity index (χ1) is 13.2. The van der Waals surface area contributed by atoms with Gasteiger partial charge in [0.1, 0.15) is 17.1 Å². The SMILES string of the molecule is CC1=CC[C@@H]2C(C)(C)C(=O)CC[C@]2(C)[C@H]1COc1ccc2ccc(=O)oc2c1. The summed E-state index contributed by atoms with van der Waals surface area (Å²) < 4.78 is 11.5. The van der Waals surface area contributed by atoms with Crippen molar-refractivity contribution in [3.8, 4) is 5.75 Å². The Morgan fingerprint density at radius 1 is 1.14 bits per heavy atom. The topological polar surface area (TPSA) is 56.5 Å². The zero-order valence-electron chi connectivity index (χ0n) is 17.1. The van der Waals surface area contributed by atoms with E-state index in [2.05, 4.69) is 33.8 Å². The van der Waals surface area contributed by atoms with Crippen LogP contribution in [0.3, 0.4) is 0 Å². The van der Waals surface area contributed by atoms with Gasteiger partial charge in [0.2, 0.25) is 0 Å². The van der Waals surface area contributed by atoms with E-state index in [0.29, 0.717) is 36.1 Å². The van der Waals surface area contributed by atoms with Gasteiger partial charge in [0.05, 0.1) is 6.61 Å². The van der Waals surface area contributed by atoms with E-state index in [4.69, 9.17) is 9.15 Å². The van der Waals surface area contributed by atoms with Crippen LogP contribution in [-0.4, -0.2) is 12.4 Å². The van der Waals surface area contributed by atoms with Crippen LogP contribution in [0.5, 0.6) is 5.75 Å². The highest BCUT2D eigenvalue weighted by atomic mass is 16.5. The number of Topliss-reactive ketones (excluding diaryl/α,β-unsaturated/α-hetero) is 1. The predicted octanol–water partition coefficient (Wildman–Crippen LogP) is 5.15. The minimum absolute atomic E-state index is 0.0413. The molecule has 3 atom stereocenters. The summed E-state index contributed by atoms with van der Waals surface area (Å²) in [5, 5.41) is 0.875. The monoisotopic (exact) mass is 380 g/mol. The van der Waals surface area contributed by atoms with Crippen molar-refractivity contribution in [2.24, 2.45) is 22.7 Å². The fourth-order valence-electron chi connectivity index (χ4n) is 5.48. The maximum absolute atomic E-state index is 12.5. The highest BCUT2D eigenvalue weighted by molar-refractivity contribution is 5.85. The molecule has 0 spiro atoms. The van der Waals surface area contributed by atoms with Gasteiger partial charge in [-0.2, -0.15) is 0 Å². The minimum Gasteiger partial charge on any atom is -0.493 e. The standard InChI is InChI=1S/C24H28O4/c1-15-5-9-20-23(2,3)21(25)11-12-24(20,4)18(15)14-27-17-8-6-16-7-10-22(26)28-19(16)13-17/h5-8,10,13,18,20H,9,11-12,14H2,1-4H3/t18-,20+,24+/m0/s1. The smallest absolute Gasteiger partial charge is 0.336 e. The molecular formula is C24H28O4. The van der Waals surface area contributed by atoms with Crippen molar-refractivity contribution >= 4 is 16.8 Å². The van der Waals surface area contributed by atoms with Crippen molar-refractivity contribution in [2.75, 3.05) is 6.61 Å². The molecule has 1 aromatic carbocycles. The van der Waals surface area contributed by atoms with Crippen molar-refractivity contribution < 1.29 is 13.9 Å². The second-order valence-corrected chi connectivity index (χ2v) is 9.20. The zero-order valence-corrected chi connectivity index (χ0v) is 17.1. The molecule has 2 aliphatic carbocycles. The van der Waals surface area contributed by atoms with Crippen molar-refractivity contribution in [3.63, 3.8) is 0 Å². The maximum atomic E-state index is 12.5. The Balaban J connectivity index is 1.60. The molecule has 4 nitrogen and oxygen atoms in total. The summed E-state index contributed by atoms with van der Waals surface area (Å²) in [4.78, 5) is 24.0. The van der Waals surface area contributed by atoms with Crippen LogP contribution in [0, 0.1) is 22.7 Å². The van der Waals surface area contributed by atoms with Crippen LogP contribution in [0.15, 0.2) is 51.2 Å². The van der Waals surface area contributed by atoms with Crippen LogP contribution in [0.25, 0.3) is 11.0 Å². The number of rotatable bonds is 3. The molecule has 0 aliphatic heterocycles. The van der Waals surface area contributed by atoms with Gasteiger partial charge >= 0.3 is 5.63 Å². The number of carbonyl (C=O) groups excluding carboxylic acids is 1. The summed E-state index contributed by atoms with van der Waals surface area (Å²) in [7, 11) is 0. The minimum atomic E-state index is -0.361. The van der Waals surface area contributed by atoms with Gasteiger partial charge in [-0.15, -0.1) is 0 Å². The molecule has 0 amide bonds. The Labute approximate surface area is 165 Å². The second kappa shape index (κ2) is 6.61. The molecule has 148 valence electrons. The highest BCUT2D eigenvalue weighted by Gasteiger charge is 2.55. The van der Waals surface area contributed by atoms with E-state index >= 15 is 0 Å². The first-order valence-electron chi connectivity index (χ1n) is 10.1. The summed E-state index contributed by atoms with van der Waals surface area (Å²) in [5.74, 6) is 1.67. The molecule has 0 radical (unpaired) electrons. The lowest BCUT2D eigenvalue weighted by atomic mass is 9.48. The summed E-state index contributed by atoms with van der Waals surface area (Å²) >= 11 is 0. The van der Waals surface area contributed by atoms with Crippen LogP contribution >= 0.6 is 0 Å².